The molecule has 0 saturated carbocycles. The van der Waals surface area contributed by atoms with Crippen LogP contribution in [0, 0.1) is 6.92 Å². The summed E-state index contributed by atoms with van der Waals surface area (Å²) in [5.41, 5.74) is 0.512. The Balaban J connectivity index is 1.80. The lowest BCUT2D eigenvalue weighted by molar-refractivity contribution is -0.137. The van der Waals surface area contributed by atoms with Gasteiger partial charge in [-0.25, -0.2) is 4.98 Å². The van der Waals surface area contributed by atoms with E-state index >= 15 is 0 Å². The van der Waals surface area contributed by atoms with E-state index in [9.17, 15) is 18.0 Å². The molecule has 4 aromatic rings. The maximum Gasteiger partial charge on any atom is 0.417 e. The highest BCUT2D eigenvalue weighted by Crippen LogP contribution is 2.36. The molecule has 0 saturated heterocycles. The number of pyridine rings is 1. The molecule has 0 aliphatic rings. The van der Waals surface area contributed by atoms with Crippen molar-refractivity contribution in [2.45, 2.75) is 13.1 Å². The summed E-state index contributed by atoms with van der Waals surface area (Å²) in [5.74, 6) is -0.252. The van der Waals surface area contributed by atoms with E-state index in [1.807, 2.05) is 0 Å². The molecule has 0 unspecified atom stereocenters. The van der Waals surface area contributed by atoms with E-state index in [1.165, 1.54) is 41.2 Å². The van der Waals surface area contributed by atoms with Crippen LogP contribution in [0.25, 0.3) is 16.9 Å². The molecule has 0 radical (unpaired) electrons. The van der Waals surface area contributed by atoms with Crippen LogP contribution in [0.15, 0.2) is 60.9 Å². The van der Waals surface area contributed by atoms with E-state index in [0.29, 0.717) is 11.2 Å². The zero-order valence-corrected chi connectivity index (χ0v) is 15.1. The van der Waals surface area contributed by atoms with E-state index in [2.05, 4.69) is 20.4 Å². The predicted octanol–water partition coefficient (Wildman–Crippen LogP) is 4.37. The number of fused-ring (bicyclic) bond motifs is 1. The van der Waals surface area contributed by atoms with E-state index < -0.39 is 17.6 Å². The molecule has 3 heterocycles. The number of rotatable bonds is 3. The molecule has 4 rings (SSSR count). The zero-order chi connectivity index (χ0) is 20.6. The lowest BCUT2D eigenvalue weighted by atomic mass is 10.0. The van der Waals surface area contributed by atoms with Crippen molar-refractivity contribution in [3.8, 4) is 11.3 Å². The summed E-state index contributed by atoms with van der Waals surface area (Å²) in [6, 6.07) is 11.6. The van der Waals surface area contributed by atoms with Gasteiger partial charge in [0.25, 0.3) is 5.91 Å². The van der Waals surface area contributed by atoms with E-state index in [1.54, 1.807) is 25.1 Å². The molecular weight excluding hydrogens is 383 g/mol. The fraction of sp³-hybridized carbons (Fsp3) is 0.100. The highest BCUT2D eigenvalue weighted by molar-refractivity contribution is 6.02. The summed E-state index contributed by atoms with van der Waals surface area (Å²) in [7, 11) is 0. The third-order valence-electron chi connectivity index (χ3n) is 4.30. The average molecular weight is 397 g/mol. The molecule has 0 bridgehead atoms. The van der Waals surface area contributed by atoms with Crippen molar-refractivity contribution in [1.82, 2.24) is 19.6 Å². The Bertz CT molecular complexity index is 1200. The molecular formula is C20H14F3N5O. The Morgan fingerprint density at radius 3 is 2.55 bits per heavy atom. The van der Waals surface area contributed by atoms with Gasteiger partial charge in [0, 0.05) is 11.8 Å². The fourth-order valence-electron chi connectivity index (χ4n) is 2.97. The molecule has 1 N–H and O–H groups in total. The Kier molecular flexibility index (Phi) is 4.50. The van der Waals surface area contributed by atoms with Gasteiger partial charge >= 0.3 is 6.18 Å². The second kappa shape index (κ2) is 7.01. The van der Waals surface area contributed by atoms with Gasteiger partial charge in [-0.3, -0.25) is 9.78 Å². The van der Waals surface area contributed by atoms with Crippen molar-refractivity contribution in [3.05, 3.63) is 77.7 Å². The number of carbonyl (C=O) groups is 1. The molecule has 146 valence electrons. The number of aryl methyl sites for hydroxylation is 1. The van der Waals surface area contributed by atoms with Crippen LogP contribution in [-0.2, 0) is 6.18 Å². The van der Waals surface area contributed by atoms with Gasteiger partial charge in [-0.1, -0.05) is 24.3 Å². The third-order valence-corrected chi connectivity index (χ3v) is 4.30. The van der Waals surface area contributed by atoms with Gasteiger partial charge in [-0.15, -0.1) is 0 Å². The molecule has 0 fully saturated rings. The molecule has 0 aliphatic heterocycles. The van der Waals surface area contributed by atoms with Gasteiger partial charge in [-0.2, -0.15) is 22.8 Å². The summed E-state index contributed by atoms with van der Waals surface area (Å²) in [4.78, 5) is 20.6. The first-order chi connectivity index (χ1) is 13.8. The number of halogens is 3. The van der Waals surface area contributed by atoms with Crippen molar-refractivity contribution in [3.63, 3.8) is 0 Å². The van der Waals surface area contributed by atoms with Crippen LogP contribution < -0.4 is 5.32 Å². The number of nitrogens with one attached hydrogen (secondary N) is 1. The van der Waals surface area contributed by atoms with Crippen LogP contribution >= 0.6 is 0 Å². The maximum absolute atomic E-state index is 13.4. The highest BCUT2D eigenvalue weighted by atomic mass is 19.4. The summed E-state index contributed by atoms with van der Waals surface area (Å²) in [6.07, 6.45) is -1.64. The third kappa shape index (κ3) is 3.54. The van der Waals surface area contributed by atoms with E-state index in [4.69, 9.17) is 0 Å². The Labute approximate surface area is 163 Å². The molecule has 29 heavy (non-hydrogen) atoms. The quantitative estimate of drug-likeness (QED) is 0.557. The first-order valence-electron chi connectivity index (χ1n) is 8.59. The molecule has 0 spiro atoms. The van der Waals surface area contributed by atoms with Crippen molar-refractivity contribution < 1.29 is 18.0 Å². The van der Waals surface area contributed by atoms with Gasteiger partial charge < -0.3 is 5.32 Å². The number of hydrogen-bond donors (Lipinski definition) is 1. The maximum atomic E-state index is 13.4. The Hall–Kier alpha value is -3.75. The minimum atomic E-state index is -4.52. The molecule has 1 aromatic carbocycles. The van der Waals surface area contributed by atoms with Crippen LogP contribution in [0.5, 0.6) is 0 Å². The smallest absolute Gasteiger partial charge is 0.304 e. The number of benzene rings is 1. The fourth-order valence-corrected chi connectivity index (χ4v) is 2.97. The normalized spacial score (nSPS) is 11.6. The predicted molar refractivity (Wildman–Crippen MR) is 100 cm³/mol. The first-order valence-corrected chi connectivity index (χ1v) is 8.59. The summed E-state index contributed by atoms with van der Waals surface area (Å²) < 4.78 is 41.6. The molecule has 3 aromatic heterocycles. The summed E-state index contributed by atoms with van der Waals surface area (Å²) >= 11 is 0. The van der Waals surface area contributed by atoms with Crippen molar-refractivity contribution in [1.29, 1.82) is 0 Å². The second-order valence-corrected chi connectivity index (χ2v) is 6.30. The summed E-state index contributed by atoms with van der Waals surface area (Å²) in [5, 5.41) is 6.95. The summed E-state index contributed by atoms with van der Waals surface area (Å²) in [6.45, 7) is 1.72. The number of alkyl halides is 3. The van der Waals surface area contributed by atoms with Gasteiger partial charge in [0.15, 0.2) is 11.5 Å². The van der Waals surface area contributed by atoms with Crippen molar-refractivity contribution in [2.75, 3.05) is 5.32 Å². The average Bonchev–Trinajstić information content (AvgIpc) is 3.11. The topological polar surface area (TPSA) is 72.2 Å². The number of carbonyl (C=O) groups excluding carboxylic acids is 1. The SMILES string of the molecule is Cc1cc(-c2ccccc2C(F)(F)F)nn2c(NC(=O)c3ccccn3)cnc12. The zero-order valence-electron chi connectivity index (χ0n) is 15.1. The Morgan fingerprint density at radius 1 is 1.07 bits per heavy atom. The number of anilines is 1. The standard InChI is InChI=1S/C20H14F3N5O/c1-12-10-16(13-6-2-3-7-14(13)20(21,22)23)27-28-17(11-25-18(12)28)26-19(29)15-8-4-5-9-24-15/h2-11H,1H3,(H,26,29). The van der Waals surface area contributed by atoms with Crippen LogP contribution in [0.4, 0.5) is 19.0 Å². The molecule has 1 amide bonds. The monoisotopic (exact) mass is 397 g/mol. The number of nitrogens with zero attached hydrogens (tertiary/aromatic N) is 4. The second-order valence-electron chi connectivity index (χ2n) is 6.30. The minimum Gasteiger partial charge on any atom is -0.304 e. The lowest BCUT2D eigenvalue weighted by Crippen LogP contribution is -2.15. The number of imidazole rings is 1. The van der Waals surface area contributed by atoms with Crippen LogP contribution in [0.2, 0.25) is 0 Å². The number of hydrogen-bond acceptors (Lipinski definition) is 4. The van der Waals surface area contributed by atoms with Gasteiger partial charge in [-0.05, 0) is 36.8 Å². The highest BCUT2D eigenvalue weighted by Gasteiger charge is 2.33. The van der Waals surface area contributed by atoms with Crippen LogP contribution in [-0.4, -0.2) is 25.5 Å². The lowest BCUT2D eigenvalue weighted by Gasteiger charge is -2.13. The number of aromatic nitrogens is 4. The van der Waals surface area contributed by atoms with Gasteiger partial charge in [0.1, 0.15) is 5.69 Å². The molecule has 6 nitrogen and oxygen atoms in total. The van der Waals surface area contributed by atoms with Crippen molar-refractivity contribution in [2.24, 2.45) is 0 Å². The van der Waals surface area contributed by atoms with E-state index in [-0.39, 0.29) is 22.8 Å². The van der Waals surface area contributed by atoms with Crippen LogP contribution in [0.1, 0.15) is 21.6 Å². The van der Waals surface area contributed by atoms with E-state index in [0.717, 1.165) is 6.07 Å². The van der Waals surface area contributed by atoms with Gasteiger partial charge in [0.2, 0.25) is 0 Å². The molecule has 0 aliphatic carbocycles. The number of amides is 1. The van der Waals surface area contributed by atoms with Crippen molar-refractivity contribution >= 4 is 17.4 Å². The molecule has 9 heteroatoms. The Morgan fingerprint density at radius 2 is 1.83 bits per heavy atom. The minimum absolute atomic E-state index is 0.0549. The molecule has 0 atom stereocenters. The van der Waals surface area contributed by atoms with Crippen LogP contribution in [0.3, 0.4) is 0 Å². The van der Waals surface area contributed by atoms with Gasteiger partial charge in [0.05, 0.1) is 17.5 Å². The first kappa shape index (κ1) is 18.6. The largest absolute Gasteiger partial charge is 0.417 e.